The molecule has 7 nitrogen and oxygen atoms in total. The van der Waals surface area contributed by atoms with Gasteiger partial charge in [0.05, 0.1) is 16.2 Å². The van der Waals surface area contributed by atoms with Crippen LogP contribution in [-0.4, -0.2) is 35.4 Å². The summed E-state index contributed by atoms with van der Waals surface area (Å²) in [4.78, 5) is 29.2. The number of carbonyl (C=O) groups is 1. The van der Waals surface area contributed by atoms with Crippen LogP contribution >= 0.6 is 0 Å². The zero-order valence-corrected chi connectivity index (χ0v) is 13.6. The summed E-state index contributed by atoms with van der Waals surface area (Å²) < 4.78 is 0. The van der Waals surface area contributed by atoms with Crippen molar-refractivity contribution in [1.29, 1.82) is 0 Å². The molecule has 1 fully saturated rings. The lowest BCUT2D eigenvalue weighted by Gasteiger charge is -2.34. The van der Waals surface area contributed by atoms with Crippen LogP contribution in [0.4, 0.5) is 11.4 Å². The number of carbonyl (C=O) groups excluding carboxylic acids is 1. The molecule has 1 atom stereocenters. The number of aromatic nitrogens is 1. The minimum absolute atomic E-state index is 0.0502. The van der Waals surface area contributed by atoms with Crippen molar-refractivity contribution in [2.75, 3.05) is 24.5 Å². The summed E-state index contributed by atoms with van der Waals surface area (Å²) >= 11 is 0. The van der Waals surface area contributed by atoms with E-state index in [1.54, 1.807) is 18.3 Å². The number of hydrogen-bond acceptors (Lipinski definition) is 5. The van der Waals surface area contributed by atoms with Crippen LogP contribution in [0.2, 0.25) is 0 Å². The second-order valence-corrected chi connectivity index (χ2v) is 5.96. The minimum atomic E-state index is -0.387. The number of piperidine rings is 1. The van der Waals surface area contributed by atoms with Crippen LogP contribution < -0.4 is 10.2 Å². The summed E-state index contributed by atoms with van der Waals surface area (Å²) in [6.07, 6.45) is 4.96. The second kappa shape index (κ2) is 6.82. The Morgan fingerprint density at radius 3 is 3.00 bits per heavy atom. The first-order valence-corrected chi connectivity index (χ1v) is 8.15. The molecule has 3 rings (SSSR count). The van der Waals surface area contributed by atoms with E-state index in [0.717, 1.165) is 30.5 Å². The molecule has 0 radical (unpaired) electrons. The summed E-state index contributed by atoms with van der Waals surface area (Å²) in [5, 5.41) is 15.4. The van der Waals surface area contributed by atoms with Gasteiger partial charge in [0, 0.05) is 49.2 Å². The Bertz CT molecular complexity index is 778. The normalized spacial score (nSPS) is 17.7. The Balaban J connectivity index is 1.96. The van der Waals surface area contributed by atoms with E-state index in [9.17, 15) is 14.9 Å². The molecule has 1 saturated heterocycles. The van der Waals surface area contributed by atoms with Crippen LogP contribution in [-0.2, 0) is 4.79 Å². The van der Waals surface area contributed by atoms with Crippen molar-refractivity contribution in [1.82, 2.24) is 10.3 Å². The number of nitrogens with one attached hydrogen (secondary N) is 1. The molecule has 0 spiro atoms. The molecule has 1 amide bonds. The minimum Gasteiger partial charge on any atom is -0.370 e. The lowest BCUT2D eigenvalue weighted by molar-refractivity contribution is -0.383. The molecule has 0 unspecified atom stereocenters. The third-order valence-corrected chi connectivity index (χ3v) is 4.45. The van der Waals surface area contributed by atoms with Gasteiger partial charge in [-0.1, -0.05) is 0 Å². The Morgan fingerprint density at radius 1 is 1.42 bits per heavy atom. The van der Waals surface area contributed by atoms with Gasteiger partial charge in [0.25, 0.3) is 5.69 Å². The maximum absolute atomic E-state index is 12.1. The number of nitrogens with zero attached hydrogens (tertiary/aromatic N) is 3. The number of nitro benzene ring substituents is 1. The highest BCUT2D eigenvalue weighted by molar-refractivity contribution is 5.99. The van der Waals surface area contributed by atoms with Gasteiger partial charge in [0.1, 0.15) is 0 Å². The van der Waals surface area contributed by atoms with Crippen LogP contribution in [0, 0.1) is 16.0 Å². The summed E-state index contributed by atoms with van der Waals surface area (Å²) in [6, 6.07) is 5.10. The molecule has 1 N–H and O–H groups in total. The molecule has 0 saturated carbocycles. The lowest BCUT2D eigenvalue weighted by Crippen LogP contribution is -2.43. The van der Waals surface area contributed by atoms with Crippen molar-refractivity contribution in [2.24, 2.45) is 5.92 Å². The van der Waals surface area contributed by atoms with Gasteiger partial charge in [0.2, 0.25) is 5.91 Å². The van der Waals surface area contributed by atoms with Gasteiger partial charge in [-0.2, -0.15) is 0 Å². The smallest absolute Gasteiger partial charge is 0.278 e. The number of hydrogen-bond donors (Lipinski definition) is 1. The average Bonchev–Trinajstić information content (AvgIpc) is 2.61. The molecule has 1 aliphatic rings. The fourth-order valence-electron chi connectivity index (χ4n) is 3.32. The number of nitro groups is 1. The number of fused-ring (bicyclic) bond motifs is 1. The summed E-state index contributed by atoms with van der Waals surface area (Å²) in [7, 11) is 0. The Morgan fingerprint density at radius 2 is 2.25 bits per heavy atom. The zero-order valence-electron chi connectivity index (χ0n) is 13.6. The molecule has 0 aliphatic carbocycles. The van der Waals surface area contributed by atoms with Crippen LogP contribution in [0.3, 0.4) is 0 Å². The van der Waals surface area contributed by atoms with Gasteiger partial charge in [-0.25, -0.2) is 0 Å². The van der Waals surface area contributed by atoms with E-state index < -0.39 is 0 Å². The van der Waals surface area contributed by atoms with Gasteiger partial charge in [0.15, 0.2) is 0 Å². The number of amides is 1. The Hall–Kier alpha value is -2.70. The van der Waals surface area contributed by atoms with Crippen molar-refractivity contribution in [3.8, 4) is 0 Å². The molecule has 1 aromatic heterocycles. The quantitative estimate of drug-likeness (QED) is 0.688. The second-order valence-electron chi connectivity index (χ2n) is 5.96. The molecule has 0 bridgehead atoms. The number of benzene rings is 1. The maximum Gasteiger partial charge on any atom is 0.278 e. The highest BCUT2D eigenvalue weighted by atomic mass is 16.6. The molecular formula is C17H20N4O3. The van der Waals surface area contributed by atoms with Crippen molar-refractivity contribution < 1.29 is 9.72 Å². The van der Waals surface area contributed by atoms with E-state index in [1.807, 2.05) is 6.92 Å². The van der Waals surface area contributed by atoms with Gasteiger partial charge in [-0.05, 0) is 31.9 Å². The number of rotatable bonds is 4. The first-order chi connectivity index (χ1) is 11.6. The van der Waals surface area contributed by atoms with E-state index >= 15 is 0 Å². The van der Waals surface area contributed by atoms with Crippen molar-refractivity contribution in [2.45, 2.75) is 19.8 Å². The van der Waals surface area contributed by atoms with E-state index in [-0.39, 0.29) is 22.4 Å². The number of non-ortho nitro benzene ring substituents is 1. The highest BCUT2D eigenvalue weighted by Gasteiger charge is 2.27. The molecule has 7 heteroatoms. The van der Waals surface area contributed by atoms with E-state index in [4.69, 9.17) is 0 Å². The predicted octanol–water partition coefficient (Wildman–Crippen LogP) is 2.50. The lowest BCUT2D eigenvalue weighted by atomic mass is 9.95. The van der Waals surface area contributed by atoms with Gasteiger partial charge in [-0.3, -0.25) is 19.9 Å². The fraction of sp³-hybridized carbons (Fsp3) is 0.412. The molecular weight excluding hydrogens is 308 g/mol. The van der Waals surface area contributed by atoms with E-state index in [2.05, 4.69) is 15.2 Å². The average molecular weight is 328 g/mol. The van der Waals surface area contributed by atoms with Crippen LogP contribution in [0.5, 0.6) is 0 Å². The first kappa shape index (κ1) is 16.2. The third-order valence-electron chi connectivity index (χ3n) is 4.45. The summed E-state index contributed by atoms with van der Waals surface area (Å²) in [5.74, 6) is 0.0286. The standard InChI is InChI=1S/C17H20N4O3/c1-2-19-17(22)12-4-3-9-20(11-12)15-5-6-16(21(23)24)14-10-18-8-7-13(14)15/h5-8,10,12H,2-4,9,11H2,1H3,(H,19,22)/t12-/m1/s1. The predicted molar refractivity (Wildman–Crippen MR) is 92.0 cm³/mol. The molecule has 24 heavy (non-hydrogen) atoms. The third kappa shape index (κ3) is 3.02. The molecule has 2 aromatic rings. The van der Waals surface area contributed by atoms with Crippen molar-refractivity contribution in [3.05, 3.63) is 40.7 Å². The zero-order chi connectivity index (χ0) is 17.1. The highest BCUT2D eigenvalue weighted by Crippen LogP contribution is 2.34. The molecule has 1 aliphatic heterocycles. The van der Waals surface area contributed by atoms with Gasteiger partial charge < -0.3 is 10.2 Å². The SMILES string of the molecule is CCNC(=O)[C@@H]1CCCN(c2ccc([N+](=O)[O-])c3cnccc23)C1. The molecule has 126 valence electrons. The largest absolute Gasteiger partial charge is 0.370 e. The Labute approximate surface area is 139 Å². The van der Waals surface area contributed by atoms with Crippen molar-refractivity contribution >= 4 is 28.1 Å². The van der Waals surface area contributed by atoms with Crippen LogP contribution in [0.15, 0.2) is 30.6 Å². The fourth-order valence-corrected chi connectivity index (χ4v) is 3.32. The van der Waals surface area contributed by atoms with Crippen molar-refractivity contribution in [3.63, 3.8) is 0 Å². The number of pyridine rings is 1. The molecule has 2 heterocycles. The number of anilines is 1. The molecule has 1 aromatic carbocycles. The van der Waals surface area contributed by atoms with Crippen LogP contribution in [0.25, 0.3) is 10.8 Å². The summed E-state index contributed by atoms with van der Waals surface area (Å²) in [6.45, 7) is 4.00. The van der Waals surface area contributed by atoms with Gasteiger partial charge in [-0.15, -0.1) is 0 Å². The topological polar surface area (TPSA) is 88.4 Å². The first-order valence-electron chi connectivity index (χ1n) is 8.15. The van der Waals surface area contributed by atoms with E-state index in [1.165, 1.54) is 12.3 Å². The van der Waals surface area contributed by atoms with E-state index in [0.29, 0.717) is 18.5 Å². The monoisotopic (exact) mass is 328 g/mol. The summed E-state index contributed by atoms with van der Waals surface area (Å²) in [5.41, 5.74) is 0.978. The van der Waals surface area contributed by atoms with Gasteiger partial charge >= 0.3 is 0 Å². The Kier molecular flexibility index (Phi) is 4.59. The van der Waals surface area contributed by atoms with Crippen LogP contribution in [0.1, 0.15) is 19.8 Å². The maximum atomic E-state index is 12.1.